The molecule has 6 heteroatoms. The highest BCUT2D eigenvalue weighted by Crippen LogP contribution is 2.29. The van der Waals surface area contributed by atoms with E-state index in [2.05, 4.69) is 10.6 Å². The van der Waals surface area contributed by atoms with Gasteiger partial charge in [0.2, 0.25) is 0 Å². The van der Waals surface area contributed by atoms with Gasteiger partial charge in [-0.3, -0.25) is 9.59 Å². The highest BCUT2D eigenvalue weighted by molar-refractivity contribution is 6.30. The summed E-state index contributed by atoms with van der Waals surface area (Å²) in [4.78, 5) is 24.7. The van der Waals surface area contributed by atoms with E-state index in [1.54, 1.807) is 48.5 Å². The van der Waals surface area contributed by atoms with Gasteiger partial charge in [-0.25, -0.2) is 0 Å². The number of anilines is 1. The summed E-state index contributed by atoms with van der Waals surface area (Å²) in [6.45, 7) is 0.183. The van der Waals surface area contributed by atoms with Crippen LogP contribution in [0.4, 0.5) is 5.69 Å². The molecule has 0 aromatic heterocycles. The highest BCUT2D eigenvalue weighted by atomic mass is 35.5. The van der Waals surface area contributed by atoms with Crippen molar-refractivity contribution in [2.75, 3.05) is 11.9 Å². The smallest absolute Gasteiger partial charge is 0.255 e. The molecule has 0 spiro atoms. The van der Waals surface area contributed by atoms with Gasteiger partial charge in [-0.2, -0.15) is 0 Å². The van der Waals surface area contributed by atoms with E-state index in [1.807, 2.05) is 0 Å². The lowest BCUT2D eigenvalue weighted by atomic mass is 10.1. The maximum absolute atomic E-state index is 12.5. The Morgan fingerprint density at radius 3 is 2.73 bits per heavy atom. The second-order valence-corrected chi connectivity index (χ2v) is 6.86. The Balaban J connectivity index is 1.49. The van der Waals surface area contributed by atoms with E-state index in [0.717, 1.165) is 18.4 Å². The van der Waals surface area contributed by atoms with Gasteiger partial charge in [0.05, 0.1) is 5.57 Å². The van der Waals surface area contributed by atoms with Crippen LogP contribution in [0.15, 0.2) is 48.0 Å². The zero-order valence-electron chi connectivity index (χ0n) is 13.9. The first-order valence-electron chi connectivity index (χ1n) is 8.44. The lowest BCUT2D eigenvalue weighted by Gasteiger charge is -2.18. The molecule has 2 amide bonds. The number of nitrogens with one attached hydrogen (secondary N) is 2. The monoisotopic (exact) mass is 368 g/mol. The van der Waals surface area contributed by atoms with Gasteiger partial charge in [0.1, 0.15) is 12.4 Å². The molecule has 1 aliphatic carbocycles. The number of carbonyl (C=O) groups is 2. The Labute approximate surface area is 156 Å². The van der Waals surface area contributed by atoms with Crippen LogP contribution in [0.25, 0.3) is 6.08 Å². The van der Waals surface area contributed by atoms with Crippen molar-refractivity contribution in [1.29, 1.82) is 0 Å². The number of hydrogen-bond acceptors (Lipinski definition) is 3. The van der Waals surface area contributed by atoms with Crippen LogP contribution in [0, 0.1) is 0 Å². The van der Waals surface area contributed by atoms with Gasteiger partial charge in [0.15, 0.2) is 0 Å². The van der Waals surface area contributed by atoms with Crippen molar-refractivity contribution in [2.24, 2.45) is 0 Å². The molecule has 2 aliphatic rings. The Morgan fingerprint density at radius 2 is 1.92 bits per heavy atom. The maximum Gasteiger partial charge on any atom is 0.255 e. The van der Waals surface area contributed by atoms with Crippen LogP contribution in [-0.2, 0) is 4.79 Å². The van der Waals surface area contributed by atoms with Gasteiger partial charge < -0.3 is 15.4 Å². The van der Waals surface area contributed by atoms with Gasteiger partial charge in [-0.1, -0.05) is 17.7 Å². The zero-order valence-corrected chi connectivity index (χ0v) is 14.7. The number of rotatable bonds is 4. The molecule has 4 rings (SSSR count). The van der Waals surface area contributed by atoms with Crippen LogP contribution < -0.4 is 15.4 Å². The molecule has 0 radical (unpaired) electrons. The second kappa shape index (κ2) is 6.84. The van der Waals surface area contributed by atoms with Crippen molar-refractivity contribution >= 4 is 35.2 Å². The van der Waals surface area contributed by atoms with E-state index in [-0.39, 0.29) is 24.5 Å². The maximum atomic E-state index is 12.5. The molecule has 1 fully saturated rings. The van der Waals surface area contributed by atoms with E-state index in [9.17, 15) is 9.59 Å². The first kappa shape index (κ1) is 16.7. The molecule has 0 saturated heterocycles. The molecule has 5 nitrogen and oxygen atoms in total. The van der Waals surface area contributed by atoms with Gasteiger partial charge in [0.25, 0.3) is 11.8 Å². The fraction of sp³-hybridized carbons (Fsp3) is 0.200. The highest BCUT2D eigenvalue weighted by Gasteiger charge is 2.24. The summed E-state index contributed by atoms with van der Waals surface area (Å²) in [6, 6.07) is 12.5. The molecule has 2 aromatic rings. The molecule has 2 N–H and O–H groups in total. The Bertz CT molecular complexity index is 919. The van der Waals surface area contributed by atoms with Crippen LogP contribution in [0.5, 0.6) is 5.75 Å². The van der Waals surface area contributed by atoms with Crippen molar-refractivity contribution in [2.45, 2.75) is 18.9 Å². The number of halogens is 1. The van der Waals surface area contributed by atoms with Crippen molar-refractivity contribution < 1.29 is 14.3 Å². The van der Waals surface area contributed by atoms with Crippen molar-refractivity contribution in [1.82, 2.24) is 5.32 Å². The average Bonchev–Trinajstić information content (AvgIpc) is 3.45. The largest absolute Gasteiger partial charge is 0.488 e. The quantitative estimate of drug-likeness (QED) is 0.865. The van der Waals surface area contributed by atoms with Crippen LogP contribution >= 0.6 is 11.6 Å². The fourth-order valence-electron chi connectivity index (χ4n) is 2.73. The summed E-state index contributed by atoms with van der Waals surface area (Å²) >= 11 is 6.00. The minimum absolute atomic E-state index is 0.118. The van der Waals surface area contributed by atoms with E-state index in [4.69, 9.17) is 16.3 Å². The standard InChI is InChI=1S/C20H17ClN2O3/c21-15-4-7-18-13(9-15)8-14(11-26-18)20(25)23-17-3-1-2-12(10-17)19(24)22-16-5-6-16/h1-4,7-10,16H,5-6,11H2,(H,22,24)(H,23,25). The average molecular weight is 369 g/mol. The molecular formula is C20H17ClN2O3. The summed E-state index contributed by atoms with van der Waals surface area (Å²) in [5.74, 6) is 0.312. The predicted molar refractivity (Wildman–Crippen MR) is 100 cm³/mol. The normalized spacial score (nSPS) is 15.3. The number of fused-ring (bicyclic) bond motifs is 1. The SMILES string of the molecule is O=C(Nc1cccc(C(=O)NC2CC2)c1)C1=Cc2cc(Cl)ccc2OC1. The minimum atomic E-state index is -0.268. The van der Waals surface area contributed by atoms with Crippen molar-refractivity contribution in [3.63, 3.8) is 0 Å². The predicted octanol–water partition coefficient (Wildman–Crippen LogP) is 3.65. The topological polar surface area (TPSA) is 67.4 Å². The summed E-state index contributed by atoms with van der Waals surface area (Å²) in [5.41, 5.74) is 2.36. The van der Waals surface area contributed by atoms with Crippen LogP contribution in [0.3, 0.4) is 0 Å². The Hall–Kier alpha value is -2.79. The number of amides is 2. The summed E-state index contributed by atoms with van der Waals surface area (Å²) in [7, 11) is 0. The first-order valence-corrected chi connectivity index (χ1v) is 8.81. The molecule has 1 aliphatic heterocycles. The third-order valence-corrected chi connectivity index (χ3v) is 4.51. The third-order valence-electron chi connectivity index (χ3n) is 4.27. The molecule has 0 atom stereocenters. The molecule has 0 unspecified atom stereocenters. The van der Waals surface area contributed by atoms with Crippen molar-refractivity contribution in [3.8, 4) is 5.75 Å². The lowest BCUT2D eigenvalue weighted by Crippen LogP contribution is -2.25. The zero-order chi connectivity index (χ0) is 18.1. The lowest BCUT2D eigenvalue weighted by molar-refractivity contribution is -0.113. The second-order valence-electron chi connectivity index (χ2n) is 6.42. The minimum Gasteiger partial charge on any atom is -0.488 e. The fourth-order valence-corrected chi connectivity index (χ4v) is 2.91. The van der Waals surface area contributed by atoms with Gasteiger partial charge in [-0.15, -0.1) is 0 Å². The molecule has 0 bridgehead atoms. The van der Waals surface area contributed by atoms with E-state index >= 15 is 0 Å². The third kappa shape index (κ3) is 3.73. The summed E-state index contributed by atoms with van der Waals surface area (Å²) < 4.78 is 5.61. The van der Waals surface area contributed by atoms with Crippen LogP contribution in [0.1, 0.15) is 28.8 Å². The van der Waals surface area contributed by atoms with Crippen LogP contribution in [0.2, 0.25) is 5.02 Å². The van der Waals surface area contributed by atoms with Gasteiger partial charge >= 0.3 is 0 Å². The Morgan fingerprint density at radius 1 is 1.08 bits per heavy atom. The number of ether oxygens (including phenoxy) is 1. The number of carbonyl (C=O) groups excluding carboxylic acids is 2. The molecule has 1 heterocycles. The molecule has 2 aromatic carbocycles. The van der Waals surface area contributed by atoms with Crippen LogP contribution in [-0.4, -0.2) is 24.5 Å². The first-order chi connectivity index (χ1) is 12.6. The van der Waals surface area contributed by atoms with E-state index < -0.39 is 0 Å². The summed E-state index contributed by atoms with van der Waals surface area (Å²) in [6.07, 6.45) is 3.83. The van der Waals surface area contributed by atoms with Gasteiger partial charge in [-0.05, 0) is 55.3 Å². The Kier molecular flexibility index (Phi) is 4.39. The van der Waals surface area contributed by atoms with Gasteiger partial charge in [0, 0.05) is 27.9 Å². The summed E-state index contributed by atoms with van der Waals surface area (Å²) in [5, 5.41) is 6.34. The molecule has 26 heavy (non-hydrogen) atoms. The molecular weight excluding hydrogens is 352 g/mol. The van der Waals surface area contributed by atoms with Crippen molar-refractivity contribution in [3.05, 3.63) is 64.2 Å². The van der Waals surface area contributed by atoms with E-state index in [1.165, 1.54) is 0 Å². The van der Waals surface area contributed by atoms with E-state index in [0.29, 0.717) is 27.6 Å². The molecule has 132 valence electrons. The number of benzene rings is 2. The molecule has 1 saturated carbocycles. The number of hydrogen-bond donors (Lipinski definition) is 2.